The number of nitrogens with one attached hydrogen (secondary N) is 2. The standard InChI is InChI=1S/C9H16N2O/c1-7-4-12-6-9(1,7)5-11-8-2-10-3-8/h7-8,10-11H,1-6H2. The number of ether oxygens (including phenoxy) is 1. The van der Waals surface area contributed by atoms with Crippen molar-refractivity contribution in [1.82, 2.24) is 10.6 Å². The molecular formula is C9H16N2O. The van der Waals surface area contributed by atoms with E-state index in [1.54, 1.807) is 0 Å². The van der Waals surface area contributed by atoms with Crippen LogP contribution in [0.2, 0.25) is 0 Å². The van der Waals surface area contributed by atoms with Crippen molar-refractivity contribution >= 4 is 0 Å². The first-order valence-corrected chi connectivity index (χ1v) is 4.91. The monoisotopic (exact) mass is 168 g/mol. The molecule has 3 fully saturated rings. The fourth-order valence-corrected chi connectivity index (χ4v) is 2.30. The van der Waals surface area contributed by atoms with E-state index >= 15 is 0 Å². The van der Waals surface area contributed by atoms with Crippen LogP contribution in [-0.4, -0.2) is 38.9 Å². The maximum absolute atomic E-state index is 5.44. The fourth-order valence-electron chi connectivity index (χ4n) is 2.30. The van der Waals surface area contributed by atoms with Gasteiger partial charge in [0.05, 0.1) is 13.2 Å². The summed E-state index contributed by atoms with van der Waals surface area (Å²) in [6, 6.07) is 0.737. The van der Waals surface area contributed by atoms with Crippen LogP contribution in [0, 0.1) is 11.3 Å². The second-order valence-electron chi connectivity index (χ2n) is 4.51. The molecule has 12 heavy (non-hydrogen) atoms. The molecule has 3 nitrogen and oxygen atoms in total. The Morgan fingerprint density at radius 3 is 2.92 bits per heavy atom. The van der Waals surface area contributed by atoms with Crippen molar-refractivity contribution in [3.63, 3.8) is 0 Å². The molecule has 1 aliphatic carbocycles. The van der Waals surface area contributed by atoms with Gasteiger partial charge in [-0.05, 0) is 12.3 Å². The van der Waals surface area contributed by atoms with Crippen molar-refractivity contribution in [2.75, 3.05) is 32.8 Å². The van der Waals surface area contributed by atoms with Gasteiger partial charge in [0, 0.05) is 31.1 Å². The summed E-state index contributed by atoms with van der Waals surface area (Å²) >= 11 is 0. The summed E-state index contributed by atoms with van der Waals surface area (Å²) < 4.78 is 5.44. The van der Waals surface area contributed by atoms with E-state index in [1.165, 1.54) is 13.0 Å². The van der Waals surface area contributed by atoms with Gasteiger partial charge in [0.15, 0.2) is 0 Å². The lowest BCUT2D eigenvalue weighted by Crippen LogP contribution is -2.56. The molecule has 68 valence electrons. The van der Waals surface area contributed by atoms with Crippen molar-refractivity contribution in [3.05, 3.63) is 0 Å². The van der Waals surface area contributed by atoms with E-state index in [-0.39, 0.29) is 0 Å². The zero-order chi connectivity index (χ0) is 8.02. The summed E-state index contributed by atoms with van der Waals surface area (Å²) in [6.45, 7) is 5.52. The number of fused-ring (bicyclic) bond motifs is 1. The Kier molecular flexibility index (Phi) is 1.48. The highest BCUT2D eigenvalue weighted by molar-refractivity contribution is 5.07. The minimum absolute atomic E-state index is 0.565. The van der Waals surface area contributed by atoms with Gasteiger partial charge in [0.1, 0.15) is 0 Å². The molecule has 3 aliphatic rings. The highest BCUT2D eigenvalue weighted by Gasteiger charge is 2.57. The van der Waals surface area contributed by atoms with Gasteiger partial charge in [0.25, 0.3) is 0 Å². The zero-order valence-electron chi connectivity index (χ0n) is 7.31. The second-order valence-corrected chi connectivity index (χ2v) is 4.51. The Balaban J connectivity index is 1.49. The van der Waals surface area contributed by atoms with E-state index in [0.717, 1.165) is 38.3 Å². The van der Waals surface area contributed by atoms with E-state index in [0.29, 0.717) is 5.41 Å². The molecular weight excluding hydrogens is 152 g/mol. The molecule has 0 aromatic rings. The molecule has 1 saturated carbocycles. The number of hydrogen-bond donors (Lipinski definition) is 2. The van der Waals surface area contributed by atoms with Crippen molar-refractivity contribution in [2.24, 2.45) is 11.3 Å². The molecule has 0 bridgehead atoms. The lowest BCUT2D eigenvalue weighted by Gasteiger charge is -2.29. The van der Waals surface area contributed by atoms with Gasteiger partial charge in [-0.2, -0.15) is 0 Å². The van der Waals surface area contributed by atoms with Crippen LogP contribution < -0.4 is 10.6 Å². The predicted molar refractivity (Wildman–Crippen MR) is 46.0 cm³/mol. The number of hydrogen-bond acceptors (Lipinski definition) is 3. The van der Waals surface area contributed by atoms with Gasteiger partial charge in [0.2, 0.25) is 0 Å². The smallest absolute Gasteiger partial charge is 0.0538 e. The average molecular weight is 168 g/mol. The molecule has 2 unspecified atom stereocenters. The zero-order valence-corrected chi connectivity index (χ0v) is 7.31. The molecule has 2 N–H and O–H groups in total. The minimum atomic E-state index is 0.565. The fraction of sp³-hybridized carbons (Fsp3) is 1.00. The molecule has 0 radical (unpaired) electrons. The van der Waals surface area contributed by atoms with Crippen LogP contribution in [0.3, 0.4) is 0 Å². The van der Waals surface area contributed by atoms with Crippen LogP contribution in [0.5, 0.6) is 0 Å². The Morgan fingerprint density at radius 2 is 2.42 bits per heavy atom. The van der Waals surface area contributed by atoms with E-state index in [4.69, 9.17) is 4.74 Å². The van der Waals surface area contributed by atoms with E-state index in [9.17, 15) is 0 Å². The average Bonchev–Trinajstić information content (AvgIpc) is 2.51. The van der Waals surface area contributed by atoms with E-state index in [1.807, 2.05) is 0 Å². The molecule has 0 aromatic carbocycles. The quantitative estimate of drug-likeness (QED) is 0.601. The second kappa shape index (κ2) is 2.44. The van der Waals surface area contributed by atoms with Gasteiger partial charge in [-0.15, -0.1) is 0 Å². The summed E-state index contributed by atoms with van der Waals surface area (Å²) in [6.07, 6.45) is 1.40. The minimum Gasteiger partial charge on any atom is -0.380 e. The van der Waals surface area contributed by atoms with Crippen LogP contribution in [0.1, 0.15) is 6.42 Å². The Morgan fingerprint density at radius 1 is 1.50 bits per heavy atom. The van der Waals surface area contributed by atoms with Crippen molar-refractivity contribution in [2.45, 2.75) is 12.5 Å². The third-order valence-electron chi connectivity index (χ3n) is 3.59. The number of rotatable bonds is 3. The molecule has 0 amide bonds. The predicted octanol–water partition coefficient (Wildman–Crippen LogP) is -0.416. The maximum Gasteiger partial charge on any atom is 0.0538 e. The van der Waals surface area contributed by atoms with Crippen LogP contribution in [-0.2, 0) is 4.74 Å². The van der Waals surface area contributed by atoms with Gasteiger partial charge < -0.3 is 15.4 Å². The third-order valence-corrected chi connectivity index (χ3v) is 3.59. The van der Waals surface area contributed by atoms with Crippen molar-refractivity contribution in [3.8, 4) is 0 Å². The molecule has 0 aromatic heterocycles. The first kappa shape index (κ1) is 7.30. The molecule has 2 aliphatic heterocycles. The van der Waals surface area contributed by atoms with Gasteiger partial charge >= 0.3 is 0 Å². The van der Waals surface area contributed by atoms with Crippen LogP contribution in [0.25, 0.3) is 0 Å². The molecule has 2 heterocycles. The van der Waals surface area contributed by atoms with E-state index < -0.39 is 0 Å². The molecule has 3 heteroatoms. The van der Waals surface area contributed by atoms with Gasteiger partial charge in [-0.1, -0.05) is 0 Å². The first-order valence-electron chi connectivity index (χ1n) is 4.91. The summed E-state index contributed by atoms with van der Waals surface area (Å²) in [7, 11) is 0. The summed E-state index contributed by atoms with van der Waals surface area (Å²) in [4.78, 5) is 0. The third kappa shape index (κ3) is 1.00. The Hall–Kier alpha value is -0.120. The lowest BCUT2D eigenvalue weighted by molar-refractivity contribution is 0.144. The largest absolute Gasteiger partial charge is 0.380 e. The SMILES string of the molecule is C1NCC1NCC12COCC1C2. The normalized spacial score (nSPS) is 45.5. The summed E-state index contributed by atoms with van der Waals surface area (Å²) in [5, 5.41) is 6.87. The summed E-state index contributed by atoms with van der Waals surface area (Å²) in [5.74, 6) is 0.887. The molecule has 3 rings (SSSR count). The molecule has 0 spiro atoms. The van der Waals surface area contributed by atoms with Gasteiger partial charge in [-0.25, -0.2) is 0 Å². The summed E-state index contributed by atoms with van der Waals surface area (Å²) in [5.41, 5.74) is 0.565. The highest BCUT2D eigenvalue weighted by atomic mass is 16.5. The topological polar surface area (TPSA) is 33.3 Å². The molecule has 2 saturated heterocycles. The van der Waals surface area contributed by atoms with E-state index in [2.05, 4.69) is 10.6 Å². The Labute approximate surface area is 72.9 Å². The Bertz CT molecular complexity index is 193. The molecule has 2 atom stereocenters. The lowest BCUT2D eigenvalue weighted by atomic mass is 10.1. The maximum atomic E-state index is 5.44. The van der Waals surface area contributed by atoms with Crippen molar-refractivity contribution < 1.29 is 4.74 Å². The van der Waals surface area contributed by atoms with Crippen LogP contribution >= 0.6 is 0 Å². The first-order chi connectivity index (χ1) is 5.89. The van der Waals surface area contributed by atoms with Crippen LogP contribution in [0.4, 0.5) is 0 Å². The van der Waals surface area contributed by atoms with Crippen molar-refractivity contribution in [1.29, 1.82) is 0 Å². The highest BCUT2D eigenvalue weighted by Crippen LogP contribution is 2.56. The van der Waals surface area contributed by atoms with Crippen LogP contribution in [0.15, 0.2) is 0 Å². The van der Waals surface area contributed by atoms with Gasteiger partial charge in [-0.3, -0.25) is 0 Å².